The standard InChI is InChI=1S/C15H19NO/c1-3-4-5-15-11(2)14-7-6-12(9-16)8-13(14)10-17-15/h6-8,11,15H,3-5,10H2,1-2H3/t11-,15-/m0/s1. The molecule has 0 radical (unpaired) electrons. The van der Waals surface area contributed by atoms with Crippen LogP contribution in [0.15, 0.2) is 18.2 Å². The number of hydrogen-bond donors (Lipinski definition) is 0. The van der Waals surface area contributed by atoms with Crippen molar-refractivity contribution in [2.24, 2.45) is 0 Å². The highest BCUT2D eigenvalue weighted by Crippen LogP contribution is 2.33. The summed E-state index contributed by atoms with van der Waals surface area (Å²) in [5, 5.41) is 8.88. The van der Waals surface area contributed by atoms with E-state index in [0.717, 1.165) is 12.0 Å². The summed E-state index contributed by atoms with van der Waals surface area (Å²) in [5.41, 5.74) is 3.27. The third kappa shape index (κ3) is 2.50. The zero-order valence-electron chi connectivity index (χ0n) is 10.6. The Hall–Kier alpha value is -1.33. The number of unbranched alkanes of at least 4 members (excludes halogenated alkanes) is 1. The molecule has 1 aliphatic heterocycles. The summed E-state index contributed by atoms with van der Waals surface area (Å²) in [4.78, 5) is 0. The van der Waals surface area contributed by atoms with Crippen molar-refractivity contribution in [3.05, 3.63) is 34.9 Å². The highest BCUT2D eigenvalue weighted by Gasteiger charge is 2.26. The number of fused-ring (bicyclic) bond motifs is 1. The molecule has 2 heteroatoms. The molecule has 0 saturated heterocycles. The highest BCUT2D eigenvalue weighted by atomic mass is 16.5. The van der Waals surface area contributed by atoms with Gasteiger partial charge in [-0.1, -0.05) is 32.8 Å². The first-order chi connectivity index (χ1) is 8.26. The van der Waals surface area contributed by atoms with Crippen LogP contribution in [0.2, 0.25) is 0 Å². The zero-order chi connectivity index (χ0) is 12.3. The van der Waals surface area contributed by atoms with Gasteiger partial charge in [0.15, 0.2) is 0 Å². The summed E-state index contributed by atoms with van der Waals surface area (Å²) in [6.45, 7) is 5.09. The van der Waals surface area contributed by atoms with Crippen LogP contribution in [0.3, 0.4) is 0 Å². The second-order valence-electron chi connectivity index (χ2n) is 4.81. The number of hydrogen-bond acceptors (Lipinski definition) is 2. The van der Waals surface area contributed by atoms with E-state index in [2.05, 4.69) is 26.0 Å². The van der Waals surface area contributed by atoms with E-state index >= 15 is 0 Å². The number of nitriles is 1. The molecule has 1 heterocycles. The summed E-state index contributed by atoms with van der Waals surface area (Å²) in [6.07, 6.45) is 3.92. The van der Waals surface area contributed by atoms with Gasteiger partial charge in [0.05, 0.1) is 24.3 Å². The predicted molar refractivity (Wildman–Crippen MR) is 67.7 cm³/mol. The molecule has 1 aromatic carbocycles. The molecule has 0 spiro atoms. The van der Waals surface area contributed by atoms with Crippen molar-refractivity contribution in [2.45, 2.75) is 51.7 Å². The molecule has 0 bridgehead atoms. The van der Waals surface area contributed by atoms with Crippen LogP contribution in [-0.2, 0) is 11.3 Å². The normalized spacial score (nSPS) is 22.9. The van der Waals surface area contributed by atoms with Gasteiger partial charge in [-0.2, -0.15) is 5.26 Å². The molecule has 0 N–H and O–H groups in total. The summed E-state index contributed by atoms with van der Waals surface area (Å²) in [5.74, 6) is 0.443. The van der Waals surface area contributed by atoms with E-state index in [9.17, 15) is 0 Å². The second kappa shape index (κ2) is 5.33. The van der Waals surface area contributed by atoms with E-state index in [1.54, 1.807) is 0 Å². The Morgan fingerprint density at radius 1 is 1.47 bits per heavy atom. The van der Waals surface area contributed by atoms with Crippen molar-refractivity contribution in [1.29, 1.82) is 5.26 Å². The fraction of sp³-hybridized carbons (Fsp3) is 0.533. The first-order valence-electron chi connectivity index (χ1n) is 6.40. The molecule has 0 aromatic heterocycles. The lowest BCUT2D eigenvalue weighted by atomic mass is 9.86. The minimum atomic E-state index is 0.343. The number of benzene rings is 1. The molecular formula is C15H19NO. The van der Waals surface area contributed by atoms with E-state index in [1.807, 2.05) is 12.1 Å². The average Bonchev–Trinajstić information content (AvgIpc) is 2.37. The highest BCUT2D eigenvalue weighted by molar-refractivity contribution is 5.40. The molecule has 2 rings (SSSR count). The van der Waals surface area contributed by atoms with Gasteiger partial charge in [0, 0.05) is 5.92 Å². The first-order valence-corrected chi connectivity index (χ1v) is 6.40. The minimum absolute atomic E-state index is 0.343. The molecular weight excluding hydrogens is 210 g/mol. The van der Waals surface area contributed by atoms with Gasteiger partial charge in [-0.25, -0.2) is 0 Å². The molecule has 0 saturated carbocycles. The van der Waals surface area contributed by atoms with Crippen molar-refractivity contribution >= 4 is 0 Å². The number of nitrogens with zero attached hydrogens (tertiary/aromatic N) is 1. The lowest BCUT2D eigenvalue weighted by Crippen LogP contribution is -2.26. The molecule has 2 atom stereocenters. The Balaban J connectivity index is 2.19. The summed E-state index contributed by atoms with van der Waals surface area (Å²) in [7, 11) is 0. The minimum Gasteiger partial charge on any atom is -0.373 e. The Labute approximate surface area is 103 Å². The quantitative estimate of drug-likeness (QED) is 0.790. The van der Waals surface area contributed by atoms with Crippen molar-refractivity contribution in [3.8, 4) is 6.07 Å². The van der Waals surface area contributed by atoms with Crippen LogP contribution in [0.5, 0.6) is 0 Å². The van der Waals surface area contributed by atoms with E-state index in [0.29, 0.717) is 18.6 Å². The van der Waals surface area contributed by atoms with Crippen LogP contribution in [0.25, 0.3) is 0 Å². The summed E-state index contributed by atoms with van der Waals surface area (Å²) < 4.78 is 5.91. The summed E-state index contributed by atoms with van der Waals surface area (Å²) >= 11 is 0. The fourth-order valence-corrected chi connectivity index (χ4v) is 2.52. The van der Waals surface area contributed by atoms with Crippen molar-refractivity contribution in [1.82, 2.24) is 0 Å². The van der Waals surface area contributed by atoms with Gasteiger partial charge in [0.25, 0.3) is 0 Å². The molecule has 17 heavy (non-hydrogen) atoms. The van der Waals surface area contributed by atoms with Gasteiger partial charge < -0.3 is 4.74 Å². The van der Waals surface area contributed by atoms with Gasteiger partial charge >= 0.3 is 0 Å². The Morgan fingerprint density at radius 2 is 2.29 bits per heavy atom. The predicted octanol–water partition coefficient (Wildman–Crippen LogP) is 3.75. The van der Waals surface area contributed by atoms with Crippen LogP contribution in [-0.4, -0.2) is 6.10 Å². The Morgan fingerprint density at radius 3 is 3.00 bits per heavy atom. The molecule has 2 nitrogen and oxygen atoms in total. The Bertz CT molecular complexity index is 433. The smallest absolute Gasteiger partial charge is 0.0991 e. The average molecular weight is 229 g/mol. The van der Waals surface area contributed by atoms with E-state index in [1.165, 1.54) is 24.0 Å². The largest absolute Gasteiger partial charge is 0.373 e. The van der Waals surface area contributed by atoms with E-state index < -0.39 is 0 Å². The van der Waals surface area contributed by atoms with Gasteiger partial charge in [-0.05, 0) is 29.7 Å². The molecule has 0 fully saturated rings. The van der Waals surface area contributed by atoms with Crippen LogP contribution in [0.4, 0.5) is 0 Å². The van der Waals surface area contributed by atoms with Crippen LogP contribution in [0, 0.1) is 11.3 Å². The van der Waals surface area contributed by atoms with Gasteiger partial charge in [0.1, 0.15) is 0 Å². The third-order valence-corrected chi connectivity index (χ3v) is 3.62. The topological polar surface area (TPSA) is 33.0 Å². The van der Waals surface area contributed by atoms with E-state index in [4.69, 9.17) is 10.00 Å². The molecule has 1 aliphatic rings. The van der Waals surface area contributed by atoms with Gasteiger partial charge in [-0.15, -0.1) is 0 Å². The van der Waals surface area contributed by atoms with Gasteiger partial charge in [-0.3, -0.25) is 0 Å². The Kier molecular flexibility index (Phi) is 3.81. The van der Waals surface area contributed by atoms with Crippen molar-refractivity contribution in [2.75, 3.05) is 0 Å². The van der Waals surface area contributed by atoms with Crippen LogP contribution < -0.4 is 0 Å². The second-order valence-corrected chi connectivity index (χ2v) is 4.81. The SMILES string of the molecule is CCCC[C@@H]1OCc2cc(C#N)ccc2[C@@H]1C. The van der Waals surface area contributed by atoms with Crippen molar-refractivity contribution < 1.29 is 4.74 Å². The maximum absolute atomic E-state index is 8.88. The molecule has 0 unspecified atom stereocenters. The molecule has 0 aliphatic carbocycles. The van der Waals surface area contributed by atoms with Crippen LogP contribution >= 0.6 is 0 Å². The maximum Gasteiger partial charge on any atom is 0.0991 e. The monoisotopic (exact) mass is 229 g/mol. The van der Waals surface area contributed by atoms with Crippen LogP contribution in [0.1, 0.15) is 55.7 Å². The van der Waals surface area contributed by atoms with E-state index in [-0.39, 0.29) is 0 Å². The van der Waals surface area contributed by atoms with Gasteiger partial charge in [0.2, 0.25) is 0 Å². The lowest BCUT2D eigenvalue weighted by Gasteiger charge is -2.31. The molecule has 0 amide bonds. The number of rotatable bonds is 3. The molecule has 1 aromatic rings. The fourth-order valence-electron chi connectivity index (χ4n) is 2.52. The maximum atomic E-state index is 8.88. The molecule has 90 valence electrons. The number of ether oxygens (including phenoxy) is 1. The van der Waals surface area contributed by atoms with Crippen molar-refractivity contribution in [3.63, 3.8) is 0 Å². The third-order valence-electron chi connectivity index (χ3n) is 3.62. The summed E-state index contributed by atoms with van der Waals surface area (Å²) in [6, 6.07) is 8.15. The first kappa shape index (κ1) is 12.1. The zero-order valence-corrected chi connectivity index (χ0v) is 10.6. The lowest BCUT2D eigenvalue weighted by molar-refractivity contribution is 0.00527.